The van der Waals surface area contributed by atoms with Crippen LogP contribution >= 0.6 is 11.6 Å². The molecule has 1 N–H and O–H groups in total. The molecule has 0 bridgehead atoms. The van der Waals surface area contributed by atoms with Crippen LogP contribution in [0.4, 0.5) is 0 Å². The van der Waals surface area contributed by atoms with E-state index < -0.39 is 0 Å². The summed E-state index contributed by atoms with van der Waals surface area (Å²) < 4.78 is 5.15. The summed E-state index contributed by atoms with van der Waals surface area (Å²) >= 11 is 6.03. The van der Waals surface area contributed by atoms with Crippen molar-refractivity contribution < 1.29 is 4.42 Å². The van der Waals surface area contributed by atoms with Crippen LogP contribution in [0.2, 0.25) is 5.22 Å². The minimum absolute atomic E-state index is 0.0766. The average molecular weight is 250 g/mol. The molecule has 3 heteroatoms. The van der Waals surface area contributed by atoms with Crippen molar-refractivity contribution in [2.75, 3.05) is 7.05 Å². The van der Waals surface area contributed by atoms with Gasteiger partial charge in [-0.1, -0.05) is 31.2 Å². The summed E-state index contributed by atoms with van der Waals surface area (Å²) in [5.41, 5.74) is 3.50. The van der Waals surface area contributed by atoms with Gasteiger partial charge in [-0.2, -0.15) is 0 Å². The van der Waals surface area contributed by atoms with E-state index in [1.807, 2.05) is 13.1 Å². The lowest BCUT2D eigenvalue weighted by atomic mass is 9.99. The van der Waals surface area contributed by atoms with E-state index in [2.05, 4.69) is 36.5 Å². The van der Waals surface area contributed by atoms with Crippen molar-refractivity contribution in [3.8, 4) is 0 Å². The first-order chi connectivity index (χ1) is 8.26. The number of rotatable bonds is 4. The van der Waals surface area contributed by atoms with Crippen LogP contribution in [0, 0.1) is 0 Å². The topological polar surface area (TPSA) is 25.2 Å². The first-order valence-electron chi connectivity index (χ1n) is 5.75. The molecule has 0 saturated carbocycles. The third-order valence-electron chi connectivity index (χ3n) is 2.94. The molecule has 0 amide bonds. The van der Waals surface area contributed by atoms with Crippen molar-refractivity contribution in [3.05, 3.63) is 58.5 Å². The molecule has 0 fully saturated rings. The summed E-state index contributed by atoms with van der Waals surface area (Å²) in [6.45, 7) is 2.15. The molecule has 0 spiro atoms. The minimum atomic E-state index is 0.0766. The highest BCUT2D eigenvalue weighted by Gasteiger charge is 2.17. The van der Waals surface area contributed by atoms with Gasteiger partial charge in [0, 0.05) is 5.56 Å². The van der Waals surface area contributed by atoms with Gasteiger partial charge in [0.1, 0.15) is 0 Å². The standard InChI is InChI=1S/C14H16ClNO/c1-3-10-5-4-6-11(9-10)13(16-2)12-7-8-17-14(12)15/h4-9,13,16H,3H2,1-2H3. The highest BCUT2D eigenvalue weighted by molar-refractivity contribution is 6.29. The molecule has 1 unspecified atom stereocenters. The molecule has 0 saturated heterocycles. The maximum absolute atomic E-state index is 6.03. The molecule has 2 rings (SSSR count). The van der Waals surface area contributed by atoms with Crippen LogP contribution in [-0.2, 0) is 6.42 Å². The summed E-state index contributed by atoms with van der Waals surface area (Å²) in [5, 5.41) is 3.72. The van der Waals surface area contributed by atoms with E-state index in [0.29, 0.717) is 5.22 Å². The van der Waals surface area contributed by atoms with Crippen molar-refractivity contribution >= 4 is 11.6 Å². The van der Waals surface area contributed by atoms with Crippen LogP contribution in [0.5, 0.6) is 0 Å². The van der Waals surface area contributed by atoms with Gasteiger partial charge in [0.05, 0.1) is 12.3 Å². The lowest BCUT2D eigenvalue weighted by Gasteiger charge is -2.16. The maximum atomic E-state index is 6.03. The Kier molecular flexibility index (Phi) is 3.87. The smallest absolute Gasteiger partial charge is 0.198 e. The third-order valence-corrected chi connectivity index (χ3v) is 3.25. The van der Waals surface area contributed by atoms with Crippen molar-refractivity contribution in [1.82, 2.24) is 5.32 Å². The Balaban J connectivity index is 2.38. The number of hydrogen-bond acceptors (Lipinski definition) is 2. The van der Waals surface area contributed by atoms with E-state index in [-0.39, 0.29) is 6.04 Å². The predicted molar refractivity (Wildman–Crippen MR) is 70.4 cm³/mol. The molecular weight excluding hydrogens is 234 g/mol. The maximum Gasteiger partial charge on any atom is 0.198 e. The van der Waals surface area contributed by atoms with Crippen LogP contribution in [-0.4, -0.2) is 7.05 Å². The van der Waals surface area contributed by atoms with Crippen molar-refractivity contribution in [1.29, 1.82) is 0 Å². The monoisotopic (exact) mass is 249 g/mol. The molecule has 2 nitrogen and oxygen atoms in total. The first-order valence-corrected chi connectivity index (χ1v) is 6.13. The van der Waals surface area contributed by atoms with Gasteiger partial charge in [-0.25, -0.2) is 0 Å². The van der Waals surface area contributed by atoms with Gasteiger partial charge in [-0.05, 0) is 42.3 Å². The van der Waals surface area contributed by atoms with Gasteiger partial charge in [0.15, 0.2) is 5.22 Å². The molecule has 1 heterocycles. The summed E-state index contributed by atoms with van der Waals surface area (Å²) in [6.07, 6.45) is 2.65. The van der Waals surface area contributed by atoms with Crippen molar-refractivity contribution in [3.63, 3.8) is 0 Å². The Morgan fingerprint density at radius 2 is 2.18 bits per heavy atom. The van der Waals surface area contributed by atoms with E-state index >= 15 is 0 Å². The van der Waals surface area contributed by atoms with E-state index in [1.165, 1.54) is 11.1 Å². The van der Waals surface area contributed by atoms with Gasteiger partial charge in [-0.3, -0.25) is 0 Å². The summed E-state index contributed by atoms with van der Waals surface area (Å²) in [6, 6.07) is 10.5. The number of aryl methyl sites for hydroxylation is 1. The van der Waals surface area contributed by atoms with Crippen LogP contribution in [0.1, 0.15) is 29.7 Å². The zero-order valence-corrected chi connectivity index (χ0v) is 10.8. The molecule has 2 aromatic rings. The molecule has 1 aromatic heterocycles. The van der Waals surface area contributed by atoms with Crippen LogP contribution in [0.25, 0.3) is 0 Å². The number of hydrogen-bond donors (Lipinski definition) is 1. The summed E-state index contributed by atoms with van der Waals surface area (Å²) in [7, 11) is 1.92. The fourth-order valence-electron chi connectivity index (χ4n) is 2.00. The van der Waals surface area contributed by atoms with Crippen molar-refractivity contribution in [2.24, 2.45) is 0 Å². The van der Waals surface area contributed by atoms with Gasteiger partial charge in [-0.15, -0.1) is 0 Å². The Labute approximate surface area is 107 Å². The van der Waals surface area contributed by atoms with Gasteiger partial charge < -0.3 is 9.73 Å². The Hall–Kier alpha value is -1.25. The molecule has 1 atom stereocenters. The van der Waals surface area contributed by atoms with E-state index in [1.54, 1.807) is 6.26 Å². The zero-order chi connectivity index (χ0) is 12.3. The summed E-state index contributed by atoms with van der Waals surface area (Å²) in [5.74, 6) is 0. The average Bonchev–Trinajstić information content (AvgIpc) is 2.77. The molecular formula is C14H16ClNO. The zero-order valence-electron chi connectivity index (χ0n) is 10.0. The fraction of sp³-hybridized carbons (Fsp3) is 0.286. The Morgan fingerprint density at radius 3 is 2.76 bits per heavy atom. The normalized spacial score (nSPS) is 12.6. The molecule has 1 aromatic carbocycles. The summed E-state index contributed by atoms with van der Waals surface area (Å²) in [4.78, 5) is 0. The second kappa shape index (κ2) is 5.39. The quantitative estimate of drug-likeness (QED) is 0.892. The molecule has 0 aliphatic rings. The largest absolute Gasteiger partial charge is 0.453 e. The molecule has 17 heavy (non-hydrogen) atoms. The number of benzene rings is 1. The second-order valence-electron chi connectivity index (χ2n) is 3.97. The molecule has 90 valence electrons. The lowest BCUT2D eigenvalue weighted by Crippen LogP contribution is -2.17. The molecule has 0 radical (unpaired) electrons. The lowest BCUT2D eigenvalue weighted by molar-refractivity contribution is 0.559. The van der Waals surface area contributed by atoms with Gasteiger partial charge in [0.2, 0.25) is 0 Å². The minimum Gasteiger partial charge on any atom is -0.453 e. The second-order valence-corrected chi connectivity index (χ2v) is 4.31. The molecule has 0 aliphatic heterocycles. The third kappa shape index (κ3) is 2.54. The van der Waals surface area contributed by atoms with Crippen molar-refractivity contribution in [2.45, 2.75) is 19.4 Å². The van der Waals surface area contributed by atoms with Gasteiger partial charge in [0.25, 0.3) is 0 Å². The predicted octanol–water partition coefficient (Wildman–Crippen LogP) is 3.80. The van der Waals surface area contributed by atoms with E-state index in [0.717, 1.165) is 12.0 Å². The Bertz CT molecular complexity index is 492. The van der Waals surface area contributed by atoms with Gasteiger partial charge >= 0.3 is 0 Å². The first kappa shape index (κ1) is 12.2. The SMILES string of the molecule is CCc1cccc(C(NC)c2ccoc2Cl)c1. The van der Waals surface area contributed by atoms with Crippen LogP contribution < -0.4 is 5.32 Å². The fourth-order valence-corrected chi connectivity index (χ4v) is 2.23. The van der Waals surface area contributed by atoms with Crippen LogP contribution in [0.3, 0.4) is 0 Å². The Morgan fingerprint density at radius 1 is 1.35 bits per heavy atom. The highest BCUT2D eigenvalue weighted by atomic mass is 35.5. The molecule has 0 aliphatic carbocycles. The van der Waals surface area contributed by atoms with Crippen LogP contribution in [0.15, 0.2) is 41.0 Å². The number of halogens is 1. The van der Waals surface area contributed by atoms with E-state index in [9.17, 15) is 0 Å². The number of nitrogens with one attached hydrogen (secondary N) is 1. The number of furan rings is 1. The highest BCUT2D eigenvalue weighted by Crippen LogP contribution is 2.29. The van der Waals surface area contributed by atoms with E-state index in [4.69, 9.17) is 16.0 Å².